The van der Waals surface area contributed by atoms with Crippen LogP contribution in [-0.2, 0) is 24.3 Å². The summed E-state index contributed by atoms with van der Waals surface area (Å²) in [6, 6.07) is 9.56. The van der Waals surface area contributed by atoms with Gasteiger partial charge in [-0.05, 0) is 42.6 Å². The number of carbonyl (C=O) groups is 2. The Morgan fingerprint density at radius 1 is 1.23 bits per heavy atom. The molecule has 0 saturated carbocycles. The summed E-state index contributed by atoms with van der Waals surface area (Å²) in [6.45, 7) is 1.31. The molecule has 0 aliphatic carbocycles. The van der Waals surface area contributed by atoms with Crippen molar-refractivity contribution in [2.24, 2.45) is 0 Å². The Kier molecular flexibility index (Phi) is 7.15. The number of hydrogen-bond acceptors (Lipinski definition) is 6. The highest BCUT2D eigenvalue weighted by atomic mass is 35.5. The van der Waals surface area contributed by atoms with E-state index in [9.17, 15) is 18.0 Å². The van der Waals surface area contributed by atoms with Gasteiger partial charge in [-0.2, -0.15) is 0 Å². The fourth-order valence-corrected chi connectivity index (χ4v) is 4.06. The lowest BCUT2D eigenvalue weighted by Gasteiger charge is -2.13. The third kappa shape index (κ3) is 6.10. The summed E-state index contributed by atoms with van der Waals surface area (Å²) in [6.07, 6.45) is -1.21. The molecule has 26 heavy (non-hydrogen) atoms. The number of rotatable bonds is 8. The van der Waals surface area contributed by atoms with Gasteiger partial charge in [-0.25, -0.2) is 13.1 Å². The van der Waals surface area contributed by atoms with Crippen molar-refractivity contribution in [3.8, 4) is 0 Å². The van der Waals surface area contributed by atoms with E-state index >= 15 is 0 Å². The molecule has 0 aliphatic heterocycles. The van der Waals surface area contributed by atoms with E-state index in [1.54, 1.807) is 35.7 Å². The quantitative estimate of drug-likeness (QED) is 0.644. The molecule has 1 aromatic heterocycles. The highest BCUT2D eigenvalue weighted by Gasteiger charge is 2.19. The minimum atomic E-state index is -3.63. The number of ether oxygens (including phenoxy) is 1. The second kappa shape index (κ2) is 9.13. The van der Waals surface area contributed by atoms with Crippen molar-refractivity contribution in [3.05, 3.63) is 46.8 Å². The average Bonchev–Trinajstić information content (AvgIpc) is 3.12. The predicted molar refractivity (Wildman–Crippen MR) is 99.8 cm³/mol. The van der Waals surface area contributed by atoms with Crippen molar-refractivity contribution in [3.63, 3.8) is 0 Å². The van der Waals surface area contributed by atoms with Crippen molar-refractivity contribution < 1.29 is 22.7 Å². The number of nitrogens with one attached hydrogen (secondary N) is 2. The molecule has 0 aliphatic rings. The van der Waals surface area contributed by atoms with Crippen molar-refractivity contribution in [2.75, 3.05) is 11.9 Å². The zero-order valence-corrected chi connectivity index (χ0v) is 16.2. The molecule has 10 heteroatoms. The van der Waals surface area contributed by atoms with E-state index in [1.807, 2.05) is 0 Å². The number of carbonyl (C=O) groups excluding carboxylic acids is 2. The molecule has 2 aromatic rings. The molecule has 7 nitrogen and oxygen atoms in total. The second-order valence-electron chi connectivity index (χ2n) is 5.21. The van der Waals surface area contributed by atoms with Crippen LogP contribution in [0.4, 0.5) is 5.69 Å². The zero-order valence-electron chi connectivity index (χ0n) is 13.8. The first kappa shape index (κ1) is 20.4. The molecule has 0 saturated heterocycles. The molecule has 0 spiro atoms. The summed E-state index contributed by atoms with van der Waals surface area (Å²) in [5.41, 5.74) is 0.519. The van der Waals surface area contributed by atoms with Crippen LogP contribution >= 0.6 is 22.9 Å². The van der Waals surface area contributed by atoms with Crippen LogP contribution in [0.25, 0.3) is 0 Å². The lowest BCUT2D eigenvalue weighted by molar-refractivity contribution is -0.152. The van der Waals surface area contributed by atoms with Gasteiger partial charge in [0.25, 0.3) is 5.91 Å². The van der Waals surface area contributed by atoms with Crippen molar-refractivity contribution >= 4 is 50.5 Å². The summed E-state index contributed by atoms with van der Waals surface area (Å²) in [7, 11) is -3.63. The molecule has 0 bridgehead atoms. The zero-order chi connectivity index (χ0) is 19.2. The first-order valence-corrected chi connectivity index (χ1v) is 10.3. The standard InChI is InChI=1S/C16H17ClN2O5S2/c1-11(16(21)19-13-6-4-12(17)5-7-13)24-14(20)8-9-18-26(22,23)15-3-2-10-25-15/h2-7,10-11,18H,8-9H2,1H3,(H,19,21)/t11-/m1/s1. The van der Waals surface area contributed by atoms with Crippen molar-refractivity contribution in [1.29, 1.82) is 0 Å². The second-order valence-corrected chi connectivity index (χ2v) is 8.59. The van der Waals surface area contributed by atoms with Gasteiger partial charge < -0.3 is 10.1 Å². The Balaban J connectivity index is 1.76. The molecule has 1 atom stereocenters. The van der Waals surface area contributed by atoms with Crippen molar-refractivity contribution in [1.82, 2.24) is 4.72 Å². The van der Waals surface area contributed by atoms with Crippen LogP contribution in [0.5, 0.6) is 0 Å². The molecule has 1 aromatic carbocycles. The van der Waals surface area contributed by atoms with E-state index in [0.717, 1.165) is 11.3 Å². The van der Waals surface area contributed by atoms with E-state index in [0.29, 0.717) is 10.7 Å². The summed E-state index contributed by atoms with van der Waals surface area (Å²) in [5.74, 6) is -1.18. The summed E-state index contributed by atoms with van der Waals surface area (Å²) in [4.78, 5) is 23.8. The molecule has 2 N–H and O–H groups in total. The van der Waals surface area contributed by atoms with Gasteiger partial charge in [0, 0.05) is 17.3 Å². The van der Waals surface area contributed by atoms with Crippen LogP contribution < -0.4 is 10.0 Å². The van der Waals surface area contributed by atoms with E-state index < -0.39 is 28.0 Å². The van der Waals surface area contributed by atoms with Gasteiger partial charge in [-0.3, -0.25) is 9.59 Å². The Morgan fingerprint density at radius 2 is 1.92 bits per heavy atom. The normalized spacial score (nSPS) is 12.4. The van der Waals surface area contributed by atoms with Gasteiger partial charge in [-0.15, -0.1) is 11.3 Å². The van der Waals surface area contributed by atoms with Gasteiger partial charge >= 0.3 is 5.97 Å². The molecular weight excluding hydrogens is 400 g/mol. The maximum absolute atomic E-state index is 12.0. The third-order valence-electron chi connectivity index (χ3n) is 3.17. The van der Waals surface area contributed by atoms with Crippen LogP contribution in [-0.4, -0.2) is 32.9 Å². The monoisotopic (exact) mass is 416 g/mol. The number of benzene rings is 1. The molecule has 2 rings (SSSR count). The first-order chi connectivity index (χ1) is 12.3. The number of anilines is 1. The van der Waals surface area contributed by atoms with Crippen molar-refractivity contribution in [2.45, 2.75) is 23.7 Å². The van der Waals surface area contributed by atoms with Gasteiger partial charge in [-0.1, -0.05) is 17.7 Å². The fraction of sp³-hybridized carbons (Fsp3) is 0.250. The largest absolute Gasteiger partial charge is 0.452 e. The average molecular weight is 417 g/mol. The summed E-state index contributed by atoms with van der Waals surface area (Å²) < 4.78 is 31.3. The van der Waals surface area contributed by atoms with E-state index in [4.69, 9.17) is 16.3 Å². The Hall–Kier alpha value is -1.94. The molecule has 140 valence electrons. The van der Waals surface area contributed by atoms with E-state index in [-0.39, 0.29) is 17.2 Å². The lowest BCUT2D eigenvalue weighted by atomic mass is 10.3. The van der Waals surface area contributed by atoms with Gasteiger partial charge in [0.1, 0.15) is 4.21 Å². The number of sulfonamides is 1. The van der Waals surface area contributed by atoms with Gasteiger partial charge in [0.05, 0.1) is 6.42 Å². The topological polar surface area (TPSA) is 102 Å². The van der Waals surface area contributed by atoms with E-state index in [1.165, 1.54) is 13.0 Å². The highest BCUT2D eigenvalue weighted by Crippen LogP contribution is 2.15. The highest BCUT2D eigenvalue weighted by molar-refractivity contribution is 7.91. The maximum Gasteiger partial charge on any atom is 0.307 e. The van der Waals surface area contributed by atoms with Crippen LogP contribution in [0.1, 0.15) is 13.3 Å². The SMILES string of the molecule is C[C@@H](OC(=O)CCNS(=O)(=O)c1cccs1)C(=O)Nc1ccc(Cl)cc1. The van der Waals surface area contributed by atoms with E-state index in [2.05, 4.69) is 10.0 Å². The minimum absolute atomic E-state index is 0.120. The predicted octanol–water partition coefficient (Wildman–Crippen LogP) is 2.64. The summed E-state index contributed by atoms with van der Waals surface area (Å²) >= 11 is 6.84. The Labute approximate surface area is 160 Å². The number of hydrogen-bond donors (Lipinski definition) is 2. The minimum Gasteiger partial charge on any atom is -0.452 e. The summed E-state index contributed by atoms with van der Waals surface area (Å²) in [5, 5.41) is 4.77. The van der Waals surface area contributed by atoms with Crippen LogP contribution in [0.15, 0.2) is 46.0 Å². The maximum atomic E-state index is 12.0. The first-order valence-electron chi connectivity index (χ1n) is 7.57. The fourth-order valence-electron chi connectivity index (χ4n) is 1.86. The molecular formula is C16H17ClN2O5S2. The van der Waals surface area contributed by atoms with Gasteiger partial charge in [0.2, 0.25) is 10.0 Å². The molecule has 1 heterocycles. The lowest BCUT2D eigenvalue weighted by Crippen LogP contribution is -2.31. The molecule has 0 radical (unpaired) electrons. The van der Waals surface area contributed by atoms with Crippen LogP contribution in [0.3, 0.4) is 0 Å². The number of amides is 1. The Bertz CT molecular complexity index is 851. The Morgan fingerprint density at radius 3 is 2.54 bits per heavy atom. The molecule has 0 unspecified atom stereocenters. The molecule has 0 fully saturated rings. The number of halogens is 1. The molecule has 1 amide bonds. The van der Waals surface area contributed by atoms with Crippen LogP contribution in [0.2, 0.25) is 5.02 Å². The number of thiophene rings is 1. The number of esters is 1. The van der Waals surface area contributed by atoms with Gasteiger partial charge in [0.15, 0.2) is 6.10 Å². The van der Waals surface area contributed by atoms with Crippen LogP contribution in [0, 0.1) is 0 Å². The smallest absolute Gasteiger partial charge is 0.307 e. The third-order valence-corrected chi connectivity index (χ3v) is 6.28.